The number of sulfonamides is 1. The Labute approximate surface area is 178 Å². The molecule has 0 saturated carbocycles. The van der Waals surface area contributed by atoms with Gasteiger partial charge in [-0.25, -0.2) is 8.42 Å². The number of amides is 1. The van der Waals surface area contributed by atoms with E-state index in [0.717, 1.165) is 16.6 Å². The van der Waals surface area contributed by atoms with E-state index in [0.29, 0.717) is 43.5 Å². The normalized spacial score (nSPS) is 16.2. The van der Waals surface area contributed by atoms with Gasteiger partial charge < -0.3 is 5.32 Å². The summed E-state index contributed by atoms with van der Waals surface area (Å²) < 4.78 is 27.9. The molecule has 1 fully saturated rings. The van der Waals surface area contributed by atoms with Gasteiger partial charge in [0, 0.05) is 32.7 Å². The van der Waals surface area contributed by atoms with Crippen molar-refractivity contribution >= 4 is 43.2 Å². The first kappa shape index (κ1) is 21.4. The van der Waals surface area contributed by atoms with Crippen LogP contribution in [0.3, 0.4) is 0 Å². The number of nitrogens with zero attached hydrogens (tertiary/aromatic N) is 2. The molecule has 2 heterocycles. The predicted octanol–water partition coefficient (Wildman–Crippen LogP) is 2.57. The fraction of sp³-hybridized carbons (Fsp3) is 0.421. The lowest BCUT2D eigenvalue weighted by Crippen LogP contribution is -2.51. The maximum Gasteiger partial charge on any atom is 0.252 e. The molecule has 1 aromatic heterocycles. The number of rotatable bonds is 8. The van der Waals surface area contributed by atoms with Crippen molar-refractivity contribution in [3.8, 4) is 0 Å². The van der Waals surface area contributed by atoms with Crippen molar-refractivity contribution in [3.05, 3.63) is 51.8 Å². The molecule has 6 nitrogen and oxygen atoms in total. The SMILES string of the molecule is O=C(CN1CCN(S(=O)(=O)c2ccc(Br)s2)CC1)NCCCc1ccccc1. The number of nitrogens with one attached hydrogen (secondary N) is 1. The molecule has 0 radical (unpaired) electrons. The summed E-state index contributed by atoms with van der Waals surface area (Å²) in [6, 6.07) is 13.6. The molecular formula is C19H24BrN3O3S2. The van der Waals surface area contributed by atoms with Crippen molar-refractivity contribution in [3.63, 3.8) is 0 Å². The van der Waals surface area contributed by atoms with Gasteiger partial charge in [-0.2, -0.15) is 4.31 Å². The summed E-state index contributed by atoms with van der Waals surface area (Å²) in [6.45, 7) is 2.88. The summed E-state index contributed by atoms with van der Waals surface area (Å²) in [4.78, 5) is 14.1. The molecule has 0 spiro atoms. The van der Waals surface area contributed by atoms with Gasteiger partial charge in [-0.15, -0.1) is 11.3 Å². The number of carbonyl (C=O) groups excluding carboxylic acids is 1. The summed E-state index contributed by atoms with van der Waals surface area (Å²) in [5.74, 6) is -0.00782. The molecule has 3 rings (SSSR count). The Bertz CT molecular complexity index is 879. The average Bonchev–Trinajstić information content (AvgIpc) is 3.14. The minimum Gasteiger partial charge on any atom is -0.355 e. The first-order valence-electron chi connectivity index (χ1n) is 9.23. The molecule has 0 aliphatic carbocycles. The van der Waals surface area contributed by atoms with Crippen molar-refractivity contribution < 1.29 is 13.2 Å². The zero-order valence-corrected chi connectivity index (χ0v) is 18.7. The van der Waals surface area contributed by atoms with E-state index >= 15 is 0 Å². The third-order valence-corrected chi connectivity index (χ3v) is 8.64. The van der Waals surface area contributed by atoms with Crippen LogP contribution in [0, 0.1) is 0 Å². The van der Waals surface area contributed by atoms with Crippen LogP contribution in [0.15, 0.2) is 50.5 Å². The van der Waals surface area contributed by atoms with E-state index in [9.17, 15) is 13.2 Å². The molecule has 1 saturated heterocycles. The molecule has 152 valence electrons. The van der Waals surface area contributed by atoms with E-state index in [1.54, 1.807) is 12.1 Å². The highest BCUT2D eigenvalue weighted by Gasteiger charge is 2.30. The zero-order chi connectivity index (χ0) is 20.0. The van der Waals surface area contributed by atoms with Crippen molar-refractivity contribution in [1.82, 2.24) is 14.5 Å². The second-order valence-corrected chi connectivity index (χ2v) is 11.3. The highest BCUT2D eigenvalue weighted by atomic mass is 79.9. The predicted molar refractivity (Wildman–Crippen MR) is 115 cm³/mol. The Kier molecular flexibility index (Phi) is 7.64. The third-order valence-electron chi connectivity index (χ3n) is 4.65. The number of aryl methyl sites for hydroxylation is 1. The summed E-state index contributed by atoms with van der Waals surface area (Å²) in [5, 5.41) is 2.95. The molecule has 0 unspecified atom stereocenters. The standard InChI is InChI=1S/C19H24BrN3O3S2/c20-17-8-9-19(27-17)28(25,26)23-13-11-22(12-14-23)15-18(24)21-10-4-7-16-5-2-1-3-6-16/h1-3,5-6,8-9H,4,7,10-15H2,(H,21,24). The van der Waals surface area contributed by atoms with E-state index in [-0.39, 0.29) is 5.91 Å². The van der Waals surface area contributed by atoms with Gasteiger partial charge in [0.05, 0.1) is 10.3 Å². The minimum absolute atomic E-state index is 0.00782. The van der Waals surface area contributed by atoms with Gasteiger partial charge in [0.2, 0.25) is 5.91 Å². The molecule has 9 heteroatoms. The zero-order valence-electron chi connectivity index (χ0n) is 15.5. The lowest BCUT2D eigenvalue weighted by molar-refractivity contribution is -0.122. The maximum atomic E-state index is 12.6. The highest BCUT2D eigenvalue weighted by molar-refractivity contribution is 9.11. The van der Waals surface area contributed by atoms with Crippen molar-refractivity contribution in [2.45, 2.75) is 17.1 Å². The third kappa shape index (κ3) is 5.87. The van der Waals surface area contributed by atoms with Crippen LogP contribution in [0.1, 0.15) is 12.0 Å². The number of carbonyl (C=O) groups is 1. The number of hydrogen-bond acceptors (Lipinski definition) is 5. The fourth-order valence-electron chi connectivity index (χ4n) is 3.12. The average molecular weight is 486 g/mol. The van der Waals surface area contributed by atoms with Crippen LogP contribution in [0.4, 0.5) is 0 Å². The first-order chi connectivity index (χ1) is 13.4. The summed E-state index contributed by atoms with van der Waals surface area (Å²) in [5.41, 5.74) is 1.27. The summed E-state index contributed by atoms with van der Waals surface area (Å²) >= 11 is 4.53. The van der Waals surface area contributed by atoms with Gasteiger partial charge in [-0.3, -0.25) is 9.69 Å². The second-order valence-electron chi connectivity index (χ2n) is 6.68. The second kappa shape index (κ2) is 9.98. The number of piperazine rings is 1. The van der Waals surface area contributed by atoms with Crippen molar-refractivity contribution in [2.24, 2.45) is 0 Å². The van der Waals surface area contributed by atoms with Gasteiger partial charge in [0.1, 0.15) is 4.21 Å². The van der Waals surface area contributed by atoms with E-state index < -0.39 is 10.0 Å². The summed E-state index contributed by atoms with van der Waals surface area (Å²) in [7, 11) is -3.44. The van der Waals surface area contributed by atoms with E-state index in [2.05, 4.69) is 33.4 Å². The fourth-order valence-corrected chi connectivity index (χ4v) is 6.70. The topological polar surface area (TPSA) is 69.7 Å². The van der Waals surface area contributed by atoms with Gasteiger partial charge in [-0.1, -0.05) is 30.3 Å². The van der Waals surface area contributed by atoms with Crippen LogP contribution in [-0.4, -0.2) is 62.8 Å². The van der Waals surface area contributed by atoms with Crippen LogP contribution in [0.2, 0.25) is 0 Å². The Morgan fingerprint density at radius 1 is 1.07 bits per heavy atom. The van der Waals surface area contributed by atoms with Crippen LogP contribution in [0.5, 0.6) is 0 Å². The molecule has 1 aliphatic heterocycles. The number of thiophene rings is 1. The van der Waals surface area contributed by atoms with E-state index in [1.165, 1.54) is 21.2 Å². The molecular weight excluding hydrogens is 462 g/mol. The lowest BCUT2D eigenvalue weighted by Gasteiger charge is -2.33. The van der Waals surface area contributed by atoms with Crippen LogP contribution >= 0.6 is 27.3 Å². The summed E-state index contributed by atoms with van der Waals surface area (Å²) in [6.07, 6.45) is 1.84. The van der Waals surface area contributed by atoms with Crippen molar-refractivity contribution in [2.75, 3.05) is 39.3 Å². The molecule has 0 bridgehead atoms. The van der Waals surface area contributed by atoms with Crippen molar-refractivity contribution in [1.29, 1.82) is 0 Å². The lowest BCUT2D eigenvalue weighted by atomic mass is 10.1. The Balaban J connectivity index is 1.37. The van der Waals surface area contributed by atoms with Gasteiger partial charge in [0.15, 0.2) is 0 Å². The van der Waals surface area contributed by atoms with Gasteiger partial charge in [-0.05, 0) is 46.5 Å². The van der Waals surface area contributed by atoms with Crippen LogP contribution < -0.4 is 5.32 Å². The smallest absolute Gasteiger partial charge is 0.252 e. The molecule has 1 aliphatic rings. The molecule has 2 aromatic rings. The molecule has 1 N–H and O–H groups in total. The Hall–Kier alpha value is -1.26. The maximum absolute atomic E-state index is 12.6. The van der Waals surface area contributed by atoms with E-state index in [1.807, 2.05) is 23.1 Å². The first-order valence-corrected chi connectivity index (χ1v) is 12.3. The molecule has 1 aromatic carbocycles. The largest absolute Gasteiger partial charge is 0.355 e. The van der Waals surface area contributed by atoms with Crippen LogP contribution in [0.25, 0.3) is 0 Å². The number of benzene rings is 1. The number of hydrogen-bond donors (Lipinski definition) is 1. The van der Waals surface area contributed by atoms with Gasteiger partial charge in [0.25, 0.3) is 10.0 Å². The van der Waals surface area contributed by atoms with Crippen LogP contribution in [-0.2, 0) is 21.2 Å². The number of halogens is 1. The highest BCUT2D eigenvalue weighted by Crippen LogP contribution is 2.28. The monoisotopic (exact) mass is 485 g/mol. The van der Waals surface area contributed by atoms with E-state index in [4.69, 9.17) is 0 Å². The van der Waals surface area contributed by atoms with Gasteiger partial charge >= 0.3 is 0 Å². The quantitative estimate of drug-likeness (QED) is 0.583. The molecule has 1 amide bonds. The minimum atomic E-state index is -3.44. The Morgan fingerprint density at radius 3 is 2.43 bits per heavy atom. The molecule has 28 heavy (non-hydrogen) atoms. The Morgan fingerprint density at radius 2 is 1.79 bits per heavy atom. The molecule has 0 atom stereocenters.